The Morgan fingerprint density at radius 1 is 1.45 bits per heavy atom. The van der Waals surface area contributed by atoms with Crippen LogP contribution in [0.5, 0.6) is 5.75 Å². The zero-order valence-corrected chi connectivity index (χ0v) is 13.5. The summed E-state index contributed by atoms with van der Waals surface area (Å²) in [6.45, 7) is 4.76. The molecule has 1 amide bonds. The van der Waals surface area contributed by atoms with Gasteiger partial charge in [0.25, 0.3) is 5.91 Å². The Morgan fingerprint density at radius 2 is 2.27 bits per heavy atom. The van der Waals surface area contributed by atoms with Gasteiger partial charge in [-0.05, 0) is 18.2 Å². The Balaban J connectivity index is 1.96. The summed E-state index contributed by atoms with van der Waals surface area (Å²) < 4.78 is 5.70. The van der Waals surface area contributed by atoms with Crippen LogP contribution in [0.1, 0.15) is 40.8 Å². The summed E-state index contributed by atoms with van der Waals surface area (Å²) in [4.78, 5) is 16.3. The van der Waals surface area contributed by atoms with Gasteiger partial charge in [0.05, 0.1) is 17.3 Å². The van der Waals surface area contributed by atoms with Crippen LogP contribution in [0.2, 0.25) is 0 Å². The van der Waals surface area contributed by atoms with Crippen LogP contribution in [-0.4, -0.2) is 29.1 Å². The number of carbonyl (C=O) groups excluding carboxylic acids is 1. The molecule has 0 bridgehead atoms. The SMILES string of the molecule is CC(C)c1nc(COc2cccc(C(=O)NCCO)c2)cs1. The third-order valence-electron chi connectivity index (χ3n) is 2.94. The van der Waals surface area contributed by atoms with Crippen LogP contribution in [-0.2, 0) is 6.61 Å². The molecule has 118 valence electrons. The van der Waals surface area contributed by atoms with Gasteiger partial charge in [-0.15, -0.1) is 11.3 Å². The molecule has 0 spiro atoms. The highest BCUT2D eigenvalue weighted by Gasteiger charge is 2.08. The largest absolute Gasteiger partial charge is 0.487 e. The van der Waals surface area contributed by atoms with E-state index >= 15 is 0 Å². The summed E-state index contributed by atoms with van der Waals surface area (Å²) in [6.07, 6.45) is 0. The molecule has 1 aromatic carbocycles. The molecule has 0 atom stereocenters. The van der Waals surface area contributed by atoms with Gasteiger partial charge in [0, 0.05) is 23.4 Å². The maximum Gasteiger partial charge on any atom is 0.251 e. The van der Waals surface area contributed by atoms with Crippen LogP contribution >= 0.6 is 11.3 Å². The lowest BCUT2D eigenvalue weighted by molar-refractivity contribution is 0.0944. The maximum atomic E-state index is 11.8. The zero-order valence-electron chi connectivity index (χ0n) is 12.7. The Labute approximate surface area is 134 Å². The van der Waals surface area contributed by atoms with Crippen LogP contribution in [0.25, 0.3) is 0 Å². The minimum absolute atomic E-state index is 0.0794. The number of nitrogens with one attached hydrogen (secondary N) is 1. The molecule has 0 aliphatic carbocycles. The Morgan fingerprint density at radius 3 is 2.95 bits per heavy atom. The van der Waals surface area contributed by atoms with E-state index in [0.717, 1.165) is 10.7 Å². The van der Waals surface area contributed by atoms with E-state index in [0.29, 0.717) is 23.8 Å². The minimum atomic E-state index is -0.227. The summed E-state index contributed by atoms with van der Waals surface area (Å²) in [7, 11) is 0. The molecule has 5 nitrogen and oxygen atoms in total. The molecule has 2 rings (SSSR count). The number of hydrogen-bond acceptors (Lipinski definition) is 5. The van der Waals surface area contributed by atoms with Crippen molar-refractivity contribution in [2.75, 3.05) is 13.2 Å². The maximum absolute atomic E-state index is 11.8. The van der Waals surface area contributed by atoms with Gasteiger partial charge < -0.3 is 15.2 Å². The monoisotopic (exact) mass is 320 g/mol. The van der Waals surface area contributed by atoms with Gasteiger partial charge in [0.2, 0.25) is 0 Å². The van der Waals surface area contributed by atoms with Crippen LogP contribution in [0.4, 0.5) is 0 Å². The number of amides is 1. The first kappa shape index (κ1) is 16.5. The van der Waals surface area contributed by atoms with E-state index in [2.05, 4.69) is 24.1 Å². The number of aliphatic hydroxyl groups excluding tert-OH is 1. The third kappa shape index (κ3) is 4.54. The molecule has 22 heavy (non-hydrogen) atoms. The van der Waals surface area contributed by atoms with Gasteiger partial charge in [0.15, 0.2) is 0 Å². The highest BCUT2D eigenvalue weighted by molar-refractivity contribution is 7.09. The molecule has 0 aliphatic rings. The number of aliphatic hydroxyl groups is 1. The average Bonchev–Trinajstić information content (AvgIpc) is 3.00. The van der Waals surface area contributed by atoms with Crippen LogP contribution < -0.4 is 10.1 Å². The summed E-state index contributed by atoms with van der Waals surface area (Å²) in [6, 6.07) is 6.96. The van der Waals surface area contributed by atoms with E-state index < -0.39 is 0 Å². The first-order valence-electron chi connectivity index (χ1n) is 7.16. The van der Waals surface area contributed by atoms with Crippen molar-refractivity contribution in [2.45, 2.75) is 26.4 Å². The van der Waals surface area contributed by atoms with Crippen LogP contribution in [0.15, 0.2) is 29.6 Å². The van der Waals surface area contributed by atoms with Crippen LogP contribution in [0.3, 0.4) is 0 Å². The van der Waals surface area contributed by atoms with Gasteiger partial charge in [-0.1, -0.05) is 19.9 Å². The van der Waals surface area contributed by atoms with Gasteiger partial charge >= 0.3 is 0 Å². The average molecular weight is 320 g/mol. The molecule has 0 aliphatic heterocycles. The van der Waals surface area contributed by atoms with Gasteiger partial charge in [0.1, 0.15) is 12.4 Å². The van der Waals surface area contributed by atoms with E-state index in [-0.39, 0.29) is 19.1 Å². The Hall–Kier alpha value is -1.92. The third-order valence-corrected chi connectivity index (χ3v) is 4.14. The second-order valence-electron chi connectivity index (χ2n) is 5.13. The lowest BCUT2D eigenvalue weighted by Crippen LogP contribution is -2.26. The second kappa shape index (κ2) is 7.91. The van der Waals surface area contributed by atoms with E-state index in [1.807, 2.05) is 5.38 Å². The first-order valence-corrected chi connectivity index (χ1v) is 8.04. The fourth-order valence-electron chi connectivity index (χ4n) is 1.81. The number of rotatable bonds is 7. The molecule has 0 saturated carbocycles. The van der Waals surface area contributed by atoms with Crippen molar-refractivity contribution >= 4 is 17.2 Å². The molecule has 2 N–H and O–H groups in total. The van der Waals surface area contributed by atoms with Crippen molar-refractivity contribution in [3.8, 4) is 5.75 Å². The smallest absolute Gasteiger partial charge is 0.251 e. The molecule has 0 radical (unpaired) electrons. The van der Waals surface area contributed by atoms with E-state index in [4.69, 9.17) is 9.84 Å². The first-order chi connectivity index (χ1) is 10.6. The lowest BCUT2D eigenvalue weighted by Gasteiger charge is -2.07. The van der Waals surface area contributed by atoms with E-state index in [1.54, 1.807) is 35.6 Å². The Bertz CT molecular complexity index is 625. The van der Waals surface area contributed by atoms with Crippen LogP contribution in [0, 0.1) is 0 Å². The van der Waals surface area contributed by atoms with E-state index in [9.17, 15) is 4.79 Å². The summed E-state index contributed by atoms with van der Waals surface area (Å²) in [5, 5.41) is 14.4. The van der Waals surface area contributed by atoms with Crippen molar-refractivity contribution in [1.29, 1.82) is 0 Å². The predicted molar refractivity (Wildman–Crippen MR) is 86.4 cm³/mol. The van der Waals surface area contributed by atoms with Crippen molar-refractivity contribution < 1.29 is 14.6 Å². The molecule has 2 aromatic rings. The van der Waals surface area contributed by atoms with Crippen molar-refractivity contribution in [2.24, 2.45) is 0 Å². The number of carbonyl (C=O) groups is 1. The second-order valence-corrected chi connectivity index (χ2v) is 6.02. The quantitative estimate of drug-likeness (QED) is 0.822. The molecule has 6 heteroatoms. The molecule has 1 heterocycles. The van der Waals surface area contributed by atoms with Crippen molar-refractivity contribution in [1.82, 2.24) is 10.3 Å². The van der Waals surface area contributed by atoms with Crippen molar-refractivity contribution in [3.63, 3.8) is 0 Å². The zero-order chi connectivity index (χ0) is 15.9. The topological polar surface area (TPSA) is 71.5 Å². The molecule has 0 fully saturated rings. The standard InChI is InChI=1S/C16H20N2O3S/c1-11(2)16-18-13(10-22-16)9-21-14-5-3-4-12(8-14)15(20)17-6-7-19/h3-5,8,10-11,19H,6-7,9H2,1-2H3,(H,17,20). The minimum Gasteiger partial charge on any atom is -0.487 e. The number of ether oxygens (including phenoxy) is 1. The molecule has 0 saturated heterocycles. The molecular weight excluding hydrogens is 300 g/mol. The highest BCUT2D eigenvalue weighted by atomic mass is 32.1. The lowest BCUT2D eigenvalue weighted by atomic mass is 10.2. The fraction of sp³-hybridized carbons (Fsp3) is 0.375. The summed E-state index contributed by atoms with van der Waals surface area (Å²) >= 11 is 1.63. The normalized spacial score (nSPS) is 10.7. The molecule has 1 aromatic heterocycles. The molecule has 0 unspecified atom stereocenters. The number of hydrogen-bond donors (Lipinski definition) is 2. The van der Waals surface area contributed by atoms with Gasteiger partial charge in [-0.25, -0.2) is 4.98 Å². The predicted octanol–water partition coefficient (Wildman–Crippen LogP) is 2.57. The van der Waals surface area contributed by atoms with E-state index in [1.165, 1.54) is 0 Å². The highest BCUT2D eigenvalue weighted by Crippen LogP contribution is 2.21. The van der Waals surface area contributed by atoms with Gasteiger partial charge in [-0.2, -0.15) is 0 Å². The fourth-order valence-corrected chi connectivity index (χ4v) is 2.63. The molecular formula is C16H20N2O3S. The number of aromatic nitrogens is 1. The van der Waals surface area contributed by atoms with Crippen molar-refractivity contribution in [3.05, 3.63) is 45.9 Å². The van der Waals surface area contributed by atoms with Gasteiger partial charge in [-0.3, -0.25) is 4.79 Å². The number of nitrogens with zero attached hydrogens (tertiary/aromatic N) is 1. The Kier molecular flexibility index (Phi) is 5.91. The number of thiazole rings is 1. The number of benzene rings is 1. The summed E-state index contributed by atoms with van der Waals surface area (Å²) in [5.74, 6) is 0.809. The summed E-state index contributed by atoms with van der Waals surface area (Å²) in [5.41, 5.74) is 1.40.